The lowest BCUT2D eigenvalue weighted by molar-refractivity contribution is 0.456. The Morgan fingerprint density at radius 1 is 1.05 bits per heavy atom. The molecular weight excluding hydrogens is 254 g/mol. The normalized spacial score (nSPS) is 17.4. The second kappa shape index (κ2) is 7.09. The molecule has 21 heavy (non-hydrogen) atoms. The Kier molecular flexibility index (Phi) is 4.92. The molecule has 1 N–H and O–H groups in total. The maximum Gasteiger partial charge on any atom is 0.0292 e. The minimum absolute atomic E-state index is 0.443. The summed E-state index contributed by atoms with van der Waals surface area (Å²) in [6.07, 6.45) is 8.61. The van der Waals surface area contributed by atoms with E-state index in [-0.39, 0.29) is 0 Å². The molecule has 0 aromatic heterocycles. The fraction of sp³-hybridized carbons (Fsp3) is 0.500. The van der Waals surface area contributed by atoms with Crippen LogP contribution in [0.5, 0.6) is 0 Å². The van der Waals surface area contributed by atoms with Crippen LogP contribution in [-0.4, -0.2) is 6.54 Å². The summed E-state index contributed by atoms with van der Waals surface area (Å²) in [5.74, 6) is 1.02. The van der Waals surface area contributed by atoms with Crippen molar-refractivity contribution >= 4 is 10.8 Å². The summed E-state index contributed by atoms with van der Waals surface area (Å²) >= 11 is 0. The van der Waals surface area contributed by atoms with Gasteiger partial charge in [0, 0.05) is 6.04 Å². The van der Waals surface area contributed by atoms with Gasteiger partial charge in [-0.15, -0.1) is 0 Å². The molecule has 1 heteroatoms. The summed E-state index contributed by atoms with van der Waals surface area (Å²) in [5.41, 5.74) is 1.40. The molecule has 0 bridgehead atoms. The van der Waals surface area contributed by atoms with Gasteiger partial charge in [-0.25, -0.2) is 0 Å². The van der Waals surface area contributed by atoms with Gasteiger partial charge in [0.2, 0.25) is 0 Å². The van der Waals surface area contributed by atoms with Crippen LogP contribution in [0.3, 0.4) is 0 Å². The number of nitrogens with one attached hydrogen (secondary N) is 1. The van der Waals surface area contributed by atoms with E-state index in [0.29, 0.717) is 6.04 Å². The molecule has 0 amide bonds. The lowest BCUT2D eigenvalue weighted by atomic mass is 10.0. The van der Waals surface area contributed by atoms with Crippen molar-refractivity contribution in [1.29, 1.82) is 0 Å². The first-order chi connectivity index (χ1) is 10.3. The topological polar surface area (TPSA) is 12.0 Å². The number of rotatable bonds is 6. The molecule has 1 nitrogen and oxygen atoms in total. The summed E-state index contributed by atoms with van der Waals surface area (Å²) in [6.45, 7) is 3.42. The predicted octanol–water partition coefficient (Wildman–Crippen LogP) is 5.46. The summed E-state index contributed by atoms with van der Waals surface area (Å²) in [5, 5.41) is 6.36. The highest BCUT2D eigenvalue weighted by Crippen LogP contribution is 2.28. The average molecular weight is 281 g/mol. The Morgan fingerprint density at radius 3 is 2.62 bits per heavy atom. The zero-order valence-electron chi connectivity index (χ0n) is 13.1. The van der Waals surface area contributed by atoms with Crippen molar-refractivity contribution in [2.45, 2.75) is 51.5 Å². The van der Waals surface area contributed by atoms with Gasteiger partial charge in [0.05, 0.1) is 0 Å². The van der Waals surface area contributed by atoms with Crippen molar-refractivity contribution in [1.82, 2.24) is 5.32 Å². The van der Waals surface area contributed by atoms with Crippen LogP contribution in [0.15, 0.2) is 42.5 Å². The highest BCUT2D eigenvalue weighted by atomic mass is 14.9. The number of benzene rings is 2. The van der Waals surface area contributed by atoms with E-state index in [1.54, 1.807) is 0 Å². The van der Waals surface area contributed by atoms with Gasteiger partial charge in [-0.1, -0.05) is 62.1 Å². The largest absolute Gasteiger partial charge is 0.310 e. The van der Waals surface area contributed by atoms with Gasteiger partial charge in [0.1, 0.15) is 0 Å². The Labute approximate surface area is 128 Å². The Balaban J connectivity index is 1.50. The lowest BCUT2D eigenvalue weighted by Gasteiger charge is -2.16. The first-order valence-corrected chi connectivity index (χ1v) is 8.55. The number of hydrogen-bond acceptors (Lipinski definition) is 1. The van der Waals surface area contributed by atoms with Gasteiger partial charge in [-0.2, -0.15) is 0 Å². The first-order valence-electron chi connectivity index (χ1n) is 8.55. The molecule has 0 heterocycles. The molecule has 1 atom stereocenters. The molecule has 0 radical (unpaired) electrons. The standard InChI is InChI=1S/C20H27N/c1-16(21-14-6-9-17-7-2-3-8-17)19-13-12-18-10-4-5-11-20(18)15-19/h4-5,10-13,15-17,21H,2-3,6-9,14H2,1H3. The molecule has 1 fully saturated rings. The molecular formula is C20H27N. The highest BCUT2D eigenvalue weighted by Gasteiger charge is 2.14. The second-order valence-corrected chi connectivity index (χ2v) is 6.58. The van der Waals surface area contributed by atoms with Gasteiger partial charge in [0.25, 0.3) is 0 Å². The van der Waals surface area contributed by atoms with Gasteiger partial charge in [-0.05, 0) is 54.6 Å². The zero-order valence-corrected chi connectivity index (χ0v) is 13.1. The molecule has 0 aliphatic heterocycles. The van der Waals surface area contributed by atoms with Gasteiger partial charge in [-0.3, -0.25) is 0 Å². The fourth-order valence-electron chi connectivity index (χ4n) is 3.60. The van der Waals surface area contributed by atoms with Crippen LogP contribution in [0.1, 0.15) is 57.1 Å². The molecule has 0 saturated heterocycles. The number of fused-ring (bicyclic) bond motifs is 1. The first kappa shape index (κ1) is 14.6. The van der Waals surface area contributed by atoms with Crippen LogP contribution < -0.4 is 5.32 Å². The van der Waals surface area contributed by atoms with Crippen LogP contribution in [0.2, 0.25) is 0 Å². The van der Waals surface area contributed by atoms with Crippen LogP contribution in [-0.2, 0) is 0 Å². The van der Waals surface area contributed by atoms with Crippen LogP contribution in [0, 0.1) is 5.92 Å². The van der Waals surface area contributed by atoms with Gasteiger partial charge < -0.3 is 5.32 Å². The predicted molar refractivity (Wildman–Crippen MR) is 91.6 cm³/mol. The second-order valence-electron chi connectivity index (χ2n) is 6.58. The minimum atomic E-state index is 0.443. The summed E-state index contributed by atoms with van der Waals surface area (Å²) in [7, 11) is 0. The fourth-order valence-corrected chi connectivity index (χ4v) is 3.60. The van der Waals surface area contributed by atoms with Crippen molar-refractivity contribution < 1.29 is 0 Å². The highest BCUT2D eigenvalue weighted by molar-refractivity contribution is 5.83. The smallest absolute Gasteiger partial charge is 0.0292 e. The molecule has 1 saturated carbocycles. The summed E-state index contributed by atoms with van der Waals surface area (Å²) in [4.78, 5) is 0. The monoisotopic (exact) mass is 281 g/mol. The van der Waals surface area contributed by atoms with E-state index in [2.05, 4.69) is 54.7 Å². The van der Waals surface area contributed by atoms with Crippen molar-refractivity contribution in [3.63, 3.8) is 0 Å². The van der Waals surface area contributed by atoms with E-state index in [9.17, 15) is 0 Å². The Morgan fingerprint density at radius 2 is 1.81 bits per heavy atom. The van der Waals surface area contributed by atoms with Crippen molar-refractivity contribution in [3.05, 3.63) is 48.0 Å². The van der Waals surface area contributed by atoms with E-state index in [1.807, 2.05) is 0 Å². The van der Waals surface area contributed by atoms with Crippen molar-refractivity contribution in [2.24, 2.45) is 5.92 Å². The molecule has 2 aromatic rings. The summed E-state index contributed by atoms with van der Waals surface area (Å²) < 4.78 is 0. The van der Waals surface area contributed by atoms with Crippen molar-refractivity contribution in [3.8, 4) is 0 Å². The van der Waals surface area contributed by atoms with Crippen LogP contribution >= 0.6 is 0 Å². The quantitative estimate of drug-likeness (QED) is 0.693. The van der Waals surface area contributed by atoms with E-state index >= 15 is 0 Å². The maximum absolute atomic E-state index is 3.69. The third kappa shape index (κ3) is 3.85. The van der Waals surface area contributed by atoms with Crippen LogP contribution in [0.4, 0.5) is 0 Å². The average Bonchev–Trinajstić information content (AvgIpc) is 3.04. The van der Waals surface area contributed by atoms with E-state index in [1.165, 1.54) is 54.9 Å². The zero-order chi connectivity index (χ0) is 14.5. The van der Waals surface area contributed by atoms with Gasteiger partial charge in [0.15, 0.2) is 0 Å². The van der Waals surface area contributed by atoms with E-state index < -0.39 is 0 Å². The van der Waals surface area contributed by atoms with Crippen molar-refractivity contribution in [2.75, 3.05) is 6.54 Å². The molecule has 112 valence electrons. The molecule has 1 aliphatic carbocycles. The van der Waals surface area contributed by atoms with E-state index in [0.717, 1.165) is 12.5 Å². The number of hydrogen-bond donors (Lipinski definition) is 1. The minimum Gasteiger partial charge on any atom is -0.310 e. The maximum atomic E-state index is 3.69. The van der Waals surface area contributed by atoms with Crippen LogP contribution in [0.25, 0.3) is 10.8 Å². The van der Waals surface area contributed by atoms with E-state index in [4.69, 9.17) is 0 Å². The third-order valence-corrected chi connectivity index (χ3v) is 4.99. The lowest BCUT2D eigenvalue weighted by Crippen LogP contribution is -2.20. The Bertz CT molecular complexity index is 569. The summed E-state index contributed by atoms with van der Waals surface area (Å²) in [6, 6.07) is 15.9. The Hall–Kier alpha value is -1.34. The van der Waals surface area contributed by atoms with Gasteiger partial charge >= 0.3 is 0 Å². The SMILES string of the molecule is CC(NCCCC1CCCC1)c1ccc2ccccc2c1. The third-order valence-electron chi connectivity index (χ3n) is 4.99. The molecule has 1 unspecified atom stereocenters. The molecule has 0 spiro atoms. The molecule has 3 rings (SSSR count). The molecule has 2 aromatic carbocycles. The molecule has 1 aliphatic rings.